The standard InChI is InChI=1S/C57H64N2O5/c1-3-39-15-11-21-43(31-39)47-33-51(45-23-13-27-58-37-45)56(25-29-60,35-49(47)53(62)41-17-7-5-8-18-41)55(64)57(26-30-61)36-50(54(63)42-19-9-6-10-20-42)48(44-22-12-16-40(4-2)32-44)34-52(57)46-24-14-28-59-38-46/h5-12,15-22,31-36,45-46,51-52,58-61H,3-4,13-14,23-30,37-38H2,1-2H3. The van der Waals surface area contributed by atoms with Gasteiger partial charge in [-0.1, -0.05) is 147 Å². The molecule has 0 saturated carbocycles. The van der Waals surface area contributed by atoms with Gasteiger partial charge in [0.1, 0.15) is 0 Å². The molecule has 4 aromatic rings. The van der Waals surface area contributed by atoms with Crippen molar-refractivity contribution in [2.75, 3.05) is 39.4 Å². The zero-order valence-electron chi connectivity index (χ0n) is 37.5. The predicted octanol–water partition coefficient (Wildman–Crippen LogP) is 9.46. The molecule has 0 amide bonds. The quantitative estimate of drug-likeness (QED) is 0.0831. The van der Waals surface area contributed by atoms with E-state index in [2.05, 4.69) is 73.0 Å². The number of hydrogen-bond acceptors (Lipinski definition) is 7. The van der Waals surface area contributed by atoms with Crippen LogP contribution in [0.3, 0.4) is 0 Å². The Morgan fingerprint density at radius 1 is 0.578 bits per heavy atom. The number of benzene rings is 4. The van der Waals surface area contributed by atoms with Crippen molar-refractivity contribution in [3.05, 3.63) is 178 Å². The normalized spacial score (nSPS) is 25.9. The zero-order valence-corrected chi connectivity index (χ0v) is 37.5. The average Bonchev–Trinajstić information content (AvgIpc) is 3.36. The number of aliphatic hydroxyl groups is 2. The van der Waals surface area contributed by atoms with Gasteiger partial charge < -0.3 is 20.8 Å². The molecule has 4 N–H and O–H groups in total. The molecule has 4 aliphatic rings. The van der Waals surface area contributed by atoms with Gasteiger partial charge in [0.25, 0.3) is 0 Å². The molecule has 0 spiro atoms. The van der Waals surface area contributed by atoms with Gasteiger partial charge in [-0.3, -0.25) is 14.4 Å². The van der Waals surface area contributed by atoms with Crippen LogP contribution in [0.15, 0.2) is 145 Å². The Morgan fingerprint density at radius 2 is 1.00 bits per heavy atom. The molecule has 6 unspecified atom stereocenters. The minimum absolute atomic E-state index is 0.0000804. The molecule has 2 heterocycles. The van der Waals surface area contributed by atoms with Crippen molar-refractivity contribution in [1.29, 1.82) is 0 Å². The van der Waals surface area contributed by atoms with Crippen molar-refractivity contribution in [2.45, 2.75) is 65.2 Å². The largest absolute Gasteiger partial charge is 0.396 e. The number of aliphatic hydroxyl groups excluding tert-OH is 2. The van der Waals surface area contributed by atoms with Crippen LogP contribution in [0.4, 0.5) is 0 Å². The van der Waals surface area contributed by atoms with Gasteiger partial charge in [0, 0.05) is 35.5 Å². The third kappa shape index (κ3) is 8.88. The van der Waals surface area contributed by atoms with E-state index in [1.165, 1.54) is 0 Å². The van der Waals surface area contributed by atoms with Crippen molar-refractivity contribution < 1.29 is 24.6 Å². The Hall–Kier alpha value is -5.31. The van der Waals surface area contributed by atoms with Crippen molar-refractivity contribution in [2.24, 2.45) is 34.5 Å². The van der Waals surface area contributed by atoms with E-state index in [4.69, 9.17) is 0 Å². The molecule has 0 bridgehead atoms. The molecule has 2 saturated heterocycles. The van der Waals surface area contributed by atoms with E-state index < -0.39 is 22.7 Å². The lowest BCUT2D eigenvalue weighted by molar-refractivity contribution is -0.142. The fourth-order valence-corrected chi connectivity index (χ4v) is 11.4. The van der Waals surface area contributed by atoms with Gasteiger partial charge in [-0.2, -0.15) is 0 Å². The summed E-state index contributed by atoms with van der Waals surface area (Å²) in [4.78, 5) is 47.5. The van der Waals surface area contributed by atoms with E-state index >= 15 is 14.4 Å². The Morgan fingerprint density at radius 3 is 1.36 bits per heavy atom. The van der Waals surface area contributed by atoms with Crippen LogP contribution < -0.4 is 10.6 Å². The molecule has 7 heteroatoms. The van der Waals surface area contributed by atoms with Crippen LogP contribution in [-0.4, -0.2) is 67.0 Å². The van der Waals surface area contributed by atoms with Gasteiger partial charge in [-0.15, -0.1) is 0 Å². The number of Topliss-reactive ketones (excluding diaryl/α,β-unsaturated/α-hetero) is 3. The summed E-state index contributed by atoms with van der Waals surface area (Å²) >= 11 is 0. The number of nitrogens with one attached hydrogen (secondary N) is 2. The number of aryl methyl sites for hydroxylation is 2. The lowest BCUT2D eigenvalue weighted by Gasteiger charge is -2.52. The average molecular weight is 857 g/mol. The second-order valence-corrected chi connectivity index (χ2v) is 18.4. The number of hydrogen-bond donors (Lipinski definition) is 4. The molecule has 332 valence electrons. The Kier molecular flexibility index (Phi) is 14.3. The second kappa shape index (κ2) is 20.2. The molecular weight excluding hydrogens is 793 g/mol. The molecule has 2 aliphatic heterocycles. The summed E-state index contributed by atoms with van der Waals surface area (Å²) in [5.74, 6) is -1.36. The molecule has 2 aliphatic carbocycles. The number of allylic oxidation sites excluding steroid dienone is 8. The van der Waals surface area contributed by atoms with Crippen LogP contribution in [0.2, 0.25) is 0 Å². The number of piperidine rings is 2. The van der Waals surface area contributed by atoms with E-state index in [9.17, 15) is 10.2 Å². The van der Waals surface area contributed by atoms with Crippen LogP contribution in [0.25, 0.3) is 11.1 Å². The first kappa shape index (κ1) is 45.3. The summed E-state index contributed by atoms with van der Waals surface area (Å²) in [6.07, 6.45) is 13.7. The zero-order chi connectivity index (χ0) is 44.7. The molecule has 7 nitrogen and oxygen atoms in total. The molecule has 0 aromatic heterocycles. The van der Waals surface area contributed by atoms with Crippen molar-refractivity contribution in [1.82, 2.24) is 10.6 Å². The van der Waals surface area contributed by atoms with E-state index in [1.807, 2.05) is 84.9 Å². The van der Waals surface area contributed by atoms with E-state index in [-0.39, 0.29) is 55.2 Å². The summed E-state index contributed by atoms with van der Waals surface area (Å²) in [6, 6.07) is 35.2. The smallest absolute Gasteiger partial charge is 0.193 e. The fraction of sp³-hybridized carbons (Fsp3) is 0.386. The Labute approximate surface area is 379 Å². The van der Waals surface area contributed by atoms with Gasteiger partial charge in [-0.25, -0.2) is 0 Å². The van der Waals surface area contributed by atoms with Gasteiger partial charge in [0.05, 0.1) is 10.8 Å². The summed E-state index contributed by atoms with van der Waals surface area (Å²) in [5.41, 5.74) is 4.84. The van der Waals surface area contributed by atoms with Gasteiger partial charge in [0.15, 0.2) is 17.3 Å². The fourth-order valence-electron chi connectivity index (χ4n) is 11.4. The van der Waals surface area contributed by atoms with E-state index in [0.29, 0.717) is 35.4 Å². The first-order valence-corrected chi connectivity index (χ1v) is 23.7. The molecule has 0 radical (unpaired) electrons. The van der Waals surface area contributed by atoms with Crippen LogP contribution in [0.1, 0.15) is 95.3 Å². The first-order valence-electron chi connectivity index (χ1n) is 23.7. The maximum absolute atomic E-state index is 17.1. The third-order valence-corrected chi connectivity index (χ3v) is 14.7. The van der Waals surface area contributed by atoms with Crippen molar-refractivity contribution >= 4 is 28.5 Å². The second-order valence-electron chi connectivity index (χ2n) is 18.4. The van der Waals surface area contributed by atoms with Crippen LogP contribution in [0.5, 0.6) is 0 Å². The first-order chi connectivity index (χ1) is 31.3. The minimum Gasteiger partial charge on any atom is -0.396 e. The highest BCUT2D eigenvalue weighted by Gasteiger charge is 2.59. The Balaban J connectivity index is 1.42. The van der Waals surface area contributed by atoms with Crippen LogP contribution >= 0.6 is 0 Å². The molecule has 4 aromatic carbocycles. The summed E-state index contributed by atoms with van der Waals surface area (Å²) in [6.45, 7) is 6.75. The van der Waals surface area contributed by atoms with Crippen LogP contribution in [0, 0.1) is 34.5 Å². The van der Waals surface area contributed by atoms with E-state index in [0.717, 1.165) is 85.0 Å². The summed E-state index contributed by atoms with van der Waals surface area (Å²) in [7, 11) is 0. The number of carbonyl (C=O) groups excluding carboxylic acids is 3. The molecule has 8 rings (SSSR count). The van der Waals surface area contributed by atoms with Crippen LogP contribution in [-0.2, 0) is 17.6 Å². The highest BCUT2D eigenvalue weighted by atomic mass is 16.3. The Bertz CT molecular complexity index is 2270. The van der Waals surface area contributed by atoms with Crippen molar-refractivity contribution in [3.63, 3.8) is 0 Å². The lowest BCUT2D eigenvalue weighted by Crippen LogP contribution is -2.56. The third-order valence-electron chi connectivity index (χ3n) is 14.7. The monoisotopic (exact) mass is 856 g/mol. The predicted molar refractivity (Wildman–Crippen MR) is 257 cm³/mol. The highest BCUT2D eigenvalue weighted by molar-refractivity contribution is 6.21. The van der Waals surface area contributed by atoms with Gasteiger partial charge >= 0.3 is 0 Å². The van der Waals surface area contributed by atoms with Gasteiger partial charge in [0.2, 0.25) is 0 Å². The maximum Gasteiger partial charge on any atom is 0.193 e. The number of carbonyl (C=O) groups is 3. The molecular formula is C57H64N2O5. The number of rotatable bonds is 16. The molecule has 2 fully saturated rings. The molecule has 6 atom stereocenters. The highest BCUT2D eigenvalue weighted by Crippen LogP contribution is 2.58. The summed E-state index contributed by atoms with van der Waals surface area (Å²) < 4.78 is 0. The topological polar surface area (TPSA) is 116 Å². The molecule has 64 heavy (non-hydrogen) atoms. The lowest BCUT2D eigenvalue weighted by atomic mass is 9.50. The van der Waals surface area contributed by atoms with Crippen molar-refractivity contribution in [3.8, 4) is 0 Å². The van der Waals surface area contributed by atoms with Gasteiger partial charge in [-0.05, 0) is 135 Å². The maximum atomic E-state index is 17.1. The summed E-state index contributed by atoms with van der Waals surface area (Å²) in [5, 5.41) is 30.0. The number of ketones is 3. The van der Waals surface area contributed by atoms with E-state index in [1.54, 1.807) is 0 Å². The SMILES string of the molecule is CCc1cccc(C2=CC(C3CCCNC3)C(CCO)(C(=O)C3(CCO)C=C(C(=O)c4ccccc4)C(c4cccc(CC)c4)=CC3C3CCCNC3)C=C2C(=O)c2ccccc2)c1. The minimum atomic E-state index is -1.38.